The molecule has 10 heavy (non-hydrogen) atoms. The lowest BCUT2D eigenvalue weighted by Gasteiger charge is -2.17. The Hall–Kier alpha value is -0.730. The van der Waals surface area contributed by atoms with Crippen molar-refractivity contribution in [2.75, 3.05) is 13.1 Å². The van der Waals surface area contributed by atoms with Crippen LogP contribution in [0.15, 0.2) is 0 Å². The molecule has 0 aromatic heterocycles. The number of carbonyl (C=O) groups is 1. The van der Waals surface area contributed by atoms with E-state index in [-0.39, 0.29) is 0 Å². The largest absolute Gasteiger partial charge is 0.336 e. The Balaban J connectivity index is 3.61. The van der Waals surface area contributed by atoms with E-state index in [0.717, 1.165) is 25.9 Å². The molecule has 1 N–H and O–H groups in total. The molecule has 0 bridgehead atoms. The lowest BCUT2D eigenvalue weighted by atomic mass is 10.4. The summed E-state index contributed by atoms with van der Waals surface area (Å²) in [4.78, 5) is 12.1. The highest BCUT2D eigenvalue weighted by molar-refractivity contribution is 5.71. The maximum Gasteiger partial charge on any atom is 0.336 e. The highest BCUT2D eigenvalue weighted by Crippen LogP contribution is 1.93. The van der Waals surface area contributed by atoms with Crippen LogP contribution in [0.4, 0.5) is 4.79 Å². The molecule has 2 amide bonds. The van der Waals surface area contributed by atoms with Crippen molar-refractivity contribution in [3.05, 3.63) is 0 Å². The van der Waals surface area contributed by atoms with E-state index >= 15 is 0 Å². The van der Waals surface area contributed by atoms with Crippen LogP contribution in [0.3, 0.4) is 0 Å². The molecular formula is C7H15N2O. The molecule has 3 heteroatoms. The number of nitrogens with zero attached hydrogens (tertiary/aromatic N) is 1. The smallest absolute Gasteiger partial charge is 0.323 e. The second-order valence-corrected chi connectivity index (χ2v) is 2.29. The van der Waals surface area contributed by atoms with Crippen LogP contribution in [0.5, 0.6) is 0 Å². The molecule has 3 nitrogen and oxygen atoms in total. The zero-order valence-corrected chi connectivity index (χ0v) is 6.68. The van der Waals surface area contributed by atoms with Crippen LogP contribution in [0.1, 0.15) is 26.7 Å². The van der Waals surface area contributed by atoms with Gasteiger partial charge in [0.05, 0.1) is 0 Å². The van der Waals surface area contributed by atoms with Crippen molar-refractivity contribution in [3.63, 3.8) is 0 Å². The van der Waals surface area contributed by atoms with Crippen molar-refractivity contribution in [1.82, 2.24) is 10.6 Å². The van der Waals surface area contributed by atoms with Gasteiger partial charge in [-0.3, -0.25) is 0 Å². The van der Waals surface area contributed by atoms with Crippen molar-refractivity contribution < 1.29 is 4.79 Å². The predicted octanol–water partition coefficient (Wildman–Crippen LogP) is 1.51. The van der Waals surface area contributed by atoms with E-state index in [1.807, 2.05) is 13.8 Å². The molecule has 0 spiro atoms. The highest BCUT2D eigenvalue weighted by Gasteiger charge is 2.05. The van der Waals surface area contributed by atoms with Crippen molar-refractivity contribution in [3.8, 4) is 0 Å². The Morgan fingerprint density at radius 3 is 1.90 bits per heavy atom. The molecule has 59 valence electrons. The molecule has 0 aliphatic carbocycles. The molecule has 0 saturated heterocycles. The van der Waals surface area contributed by atoms with E-state index in [1.54, 1.807) is 4.90 Å². The van der Waals surface area contributed by atoms with Crippen LogP contribution < -0.4 is 5.73 Å². The molecule has 0 heterocycles. The molecule has 1 radical (unpaired) electrons. The average Bonchev–Trinajstić information content (AvgIpc) is 1.87. The molecule has 0 saturated carbocycles. The molecule has 0 rings (SSSR count). The van der Waals surface area contributed by atoms with Gasteiger partial charge in [0.1, 0.15) is 0 Å². The Bertz CT molecular complexity index is 97.8. The fraction of sp³-hybridized carbons (Fsp3) is 0.857. The molecule has 0 aliphatic heterocycles. The Labute approximate surface area is 62.2 Å². The molecular weight excluding hydrogens is 128 g/mol. The van der Waals surface area contributed by atoms with Gasteiger partial charge in [-0.1, -0.05) is 13.8 Å². The fourth-order valence-electron chi connectivity index (χ4n) is 0.855. The van der Waals surface area contributed by atoms with E-state index in [9.17, 15) is 4.79 Å². The van der Waals surface area contributed by atoms with Crippen molar-refractivity contribution in [1.29, 1.82) is 0 Å². The standard InChI is InChI=1S/C7H15N2O/c1-3-5-9(6-4-2)7(8)10/h8H,3-6H2,1-2H3. The van der Waals surface area contributed by atoms with Gasteiger partial charge in [-0.05, 0) is 12.8 Å². The third-order valence-corrected chi connectivity index (χ3v) is 1.27. The van der Waals surface area contributed by atoms with Crippen LogP contribution in [-0.4, -0.2) is 24.0 Å². The van der Waals surface area contributed by atoms with Crippen LogP contribution in [-0.2, 0) is 0 Å². The second kappa shape index (κ2) is 5.09. The average molecular weight is 143 g/mol. The van der Waals surface area contributed by atoms with Crippen LogP contribution in [0.25, 0.3) is 0 Å². The van der Waals surface area contributed by atoms with Gasteiger partial charge >= 0.3 is 6.03 Å². The Morgan fingerprint density at radius 2 is 1.70 bits per heavy atom. The van der Waals surface area contributed by atoms with Crippen molar-refractivity contribution in [2.45, 2.75) is 26.7 Å². The van der Waals surface area contributed by atoms with Gasteiger partial charge in [0.15, 0.2) is 0 Å². The first-order chi connectivity index (χ1) is 4.72. The van der Waals surface area contributed by atoms with E-state index in [0.29, 0.717) is 0 Å². The van der Waals surface area contributed by atoms with E-state index in [2.05, 4.69) is 0 Å². The first-order valence-electron chi connectivity index (χ1n) is 3.72. The minimum absolute atomic E-state index is 0.552. The topological polar surface area (TPSA) is 44.1 Å². The predicted molar refractivity (Wildman–Crippen MR) is 40.6 cm³/mol. The van der Waals surface area contributed by atoms with E-state index < -0.39 is 6.03 Å². The zero-order chi connectivity index (χ0) is 7.98. The molecule has 0 fully saturated rings. The van der Waals surface area contributed by atoms with Gasteiger partial charge in [-0.2, -0.15) is 0 Å². The quantitative estimate of drug-likeness (QED) is 0.588. The highest BCUT2D eigenvalue weighted by atomic mass is 16.2. The normalized spacial score (nSPS) is 9.40. The van der Waals surface area contributed by atoms with Gasteiger partial charge < -0.3 is 4.90 Å². The number of nitrogens with one attached hydrogen (secondary N) is 1. The SMILES string of the molecule is CCCN(CCC)C([NH])=O. The number of amides is 2. The summed E-state index contributed by atoms with van der Waals surface area (Å²) < 4.78 is 0. The van der Waals surface area contributed by atoms with E-state index in [1.165, 1.54) is 0 Å². The van der Waals surface area contributed by atoms with Crippen LogP contribution in [0.2, 0.25) is 0 Å². The zero-order valence-electron chi connectivity index (χ0n) is 6.68. The van der Waals surface area contributed by atoms with Gasteiger partial charge in [0.25, 0.3) is 0 Å². The van der Waals surface area contributed by atoms with Gasteiger partial charge in [0.2, 0.25) is 0 Å². The summed E-state index contributed by atoms with van der Waals surface area (Å²) in [5.74, 6) is 0. The summed E-state index contributed by atoms with van der Waals surface area (Å²) in [6, 6.07) is -0.552. The van der Waals surface area contributed by atoms with Crippen molar-refractivity contribution in [2.24, 2.45) is 0 Å². The summed E-state index contributed by atoms with van der Waals surface area (Å²) in [5, 5.41) is 0. The minimum atomic E-state index is -0.552. The van der Waals surface area contributed by atoms with E-state index in [4.69, 9.17) is 5.73 Å². The van der Waals surface area contributed by atoms with Crippen molar-refractivity contribution >= 4 is 6.03 Å². The molecule has 0 atom stereocenters. The lowest BCUT2D eigenvalue weighted by molar-refractivity contribution is 0.206. The van der Waals surface area contributed by atoms with Gasteiger partial charge in [-0.25, -0.2) is 10.5 Å². The maximum absolute atomic E-state index is 10.5. The number of urea groups is 1. The third kappa shape index (κ3) is 3.33. The number of hydrogen-bond acceptors (Lipinski definition) is 1. The summed E-state index contributed by atoms with van der Waals surface area (Å²) in [7, 11) is 0. The first-order valence-corrected chi connectivity index (χ1v) is 3.72. The summed E-state index contributed by atoms with van der Waals surface area (Å²) in [6.07, 6.45) is 1.87. The maximum atomic E-state index is 10.5. The molecule has 0 unspecified atom stereocenters. The Morgan fingerprint density at radius 1 is 1.30 bits per heavy atom. The first kappa shape index (κ1) is 9.27. The number of carbonyl (C=O) groups excluding carboxylic acids is 1. The Kier molecular flexibility index (Phi) is 4.72. The van der Waals surface area contributed by atoms with Gasteiger partial charge in [0, 0.05) is 13.1 Å². The summed E-state index contributed by atoms with van der Waals surface area (Å²) in [5.41, 5.74) is 6.83. The third-order valence-electron chi connectivity index (χ3n) is 1.27. The van der Waals surface area contributed by atoms with Crippen LogP contribution in [0, 0.1) is 0 Å². The summed E-state index contributed by atoms with van der Waals surface area (Å²) >= 11 is 0. The molecule has 0 aliphatic rings. The second-order valence-electron chi connectivity index (χ2n) is 2.29. The molecule has 0 aromatic carbocycles. The number of hydrogen-bond donors (Lipinski definition) is 0. The molecule has 0 aromatic rings. The monoisotopic (exact) mass is 143 g/mol. The summed E-state index contributed by atoms with van der Waals surface area (Å²) in [6.45, 7) is 5.45. The minimum Gasteiger partial charge on any atom is -0.323 e. The lowest BCUT2D eigenvalue weighted by Crippen LogP contribution is -2.31. The van der Waals surface area contributed by atoms with Gasteiger partial charge in [-0.15, -0.1) is 0 Å². The number of rotatable bonds is 4. The fourth-order valence-corrected chi connectivity index (χ4v) is 0.855. The van der Waals surface area contributed by atoms with Crippen LogP contribution >= 0.6 is 0 Å².